The average molecular weight is 453 g/mol. The van der Waals surface area contributed by atoms with Gasteiger partial charge in [0, 0.05) is 59.0 Å². The quantitative estimate of drug-likeness (QED) is 0.508. The molecule has 33 heavy (non-hydrogen) atoms. The van der Waals surface area contributed by atoms with E-state index in [1.54, 1.807) is 21.4 Å². The Bertz CT molecular complexity index is 1550. The number of carbonyl (C=O) groups excluding carboxylic acids is 1. The minimum atomic E-state index is -2.72. The molecule has 1 saturated heterocycles. The highest BCUT2D eigenvalue weighted by Gasteiger charge is 2.46. The molecule has 10 heteroatoms. The molecule has 2 fully saturated rings. The Kier molecular flexibility index (Phi) is 3.25. The third-order valence-corrected chi connectivity index (χ3v) is 6.88. The number of amides is 1. The number of nitrogens with zero attached hydrogens (tertiary/aromatic N) is 7. The van der Waals surface area contributed by atoms with Crippen molar-refractivity contribution in [3.8, 4) is 17.0 Å². The number of hydrogen-bond acceptors (Lipinski definition) is 7. The third-order valence-electron chi connectivity index (χ3n) is 6.88. The Balaban J connectivity index is 1.21. The number of carbonyl (C=O) groups is 1. The molecule has 0 radical (unpaired) electrons. The lowest BCUT2D eigenvalue weighted by Gasteiger charge is -2.53. The summed E-state index contributed by atoms with van der Waals surface area (Å²) < 4.78 is 53.5. The Morgan fingerprint density at radius 3 is 2.94 bits per heavy atom. The maximum atomic E-state index is 12.0. The number of anilines is 1. The third kappa shape index (κ3) is 3.37. The van der Waals surface area contributed by atoms with Gasteiger partial charge in [-0.3, -0.25) is 4.79 Å². The number of ether oxygens (including phenoxy) is 1. The summed E-state index contributed by atoms with van der Waals surface area (Å²) in [4.78, 5) is 22.0. The molecule has 1 N–H and O–H groups in total. The van der Waals surface area contributed by atoms with Crippen LogP contribution >= 0.6 is 0 Å². The first kappa shape index (κ1) is 14.5. The summed E-state index contributed by atoms with van der Waals surface area (Å²) in [5, 5.41) is 12.1. The van der Waals surface area contributed by atoms with Gasteiger partial charge in [0.1, 0.15) is 11.8 Å². The SMILES string of the molecule is [2H]C([2H])([2H])Oc1nc(NC2CCC3(CC2)CN(C(=O)C([2H])([2H])[2H])C3)nn2ccc(-c3ccc4ncnn4c3)c12. The molecule has 5 heterocycles. The fourth-order valence-corrected chi connectivity index (χ4v) is 5.11. The van der Waals surface area contributed by atoms with Crippen molar-refractivity contribution >= 4 is 23.0 Å². The van der Waals surface area contributed by atoms with Crippen molar-refractivity contribution < 1.29 is 17.8 Å². The van der Waals surface area contributed by atoms with Crippen LogP contribution in [0.1, 0.15) is 40.8 Å². The predicted octanol–water partition coefficient (Wildman–Crippen LogP) is 2.65. The predicted molar refractivity (Wildman–Crippen MR) is 122 cm³/mol. The van der Waals surface area contributed by atoms with Crippen LogP contribution < -0.4 is 10.1 Å². The van der Waals surface area contributed by atoms with Crippen molar-refractivity contribution in [1.29, 1.82) is 0 Å². The first-order valence-electron chi connectivity index (χ1n) is 13.8. The molecule has 1 saturated carbocycles. The molecular formula is C23H26N8O2. The number of methoxy groups -OCH3 is 1. The maximum Gasteiger partial charge on any atom is 0.244 e. The molecule has 0 atom stereocenters. The molecule has 0 bridgehead atoms. The molecule has 1 spiro atoms. The van der Waals surface area contributed by atoms with Gasteiger partial charge in [0.05, 0.1) is 11.2 Å². The molecule has 10 nitrogen and oxygen atoms in total. The molecule has 1 amide bonds. The van der Waals surface area contributed by atoms with Gasteiger partial charge in [0.2, 0.25) is 17.7 Å². The zero-order valence-electron chi connectivity index (χ0n) is 23.7. The molecule has 4 aromatic heterocycles. The fraction of sp³-hybridized carbons (Fsp3) is 0.435. The number of hydrogen-bond donors (Lipinski definition) is 1. The molecular weight excluding hydrogens is 420 g/mol. The number of aromatic nitrogens is 6. The maximum absolute atomic E-state index is 12.0. The Labute approximate surface area is 199 Å². The van der Waals surface area contributed by atoms with Gasteiger partial charge >= 0.3 is 0 Å². The number of rotatable bonds is 4. The van der Waals surface area contributed by atoms with Crippen LogP contribution in [0.5, 0.6) is 5.88 Å². The Hall–Kier alpha value is -3.69. The standard InChI is InChI=1S/C23H26N8O2/c1-15(32)29-12-23(13-29)8-5-17(6-9-23)26-22-27-21(33-2)20-18(7-10-30(20)28-22)16-3-4-19-24-14-25-31(19)11-16/h3-4,7,10-11,14,17H,5-6,8-9,12-13H2,1-2H3,(H,26,28)/i1D3,2D3. The number of pyridine rings is 1. The van der Waals surface area contributed by atoms with E-state index >= 15 is 0 Å². The van der Waals surface area contributed by atoms with E-state index in [4.69, 9.17) is 13.0 Å². The Morgan fingerprint density at radius 1 is 1.24 bits per heavy atom. The summed E-state index contributed by atoms with van der Waals surface area (Å²) in [6.45, 7) is -1.68. The highest BCUT2D eigenvalue weighted by atomic mass is 16.5. The zero-order valence-corrected chi connectivity index (χ0v) is 17.7. The molecule has 170 valence electrons. The Morgan fingerprint density at radius 2 is 2.12 bits per heavy atom. The van der Waals surface area contributed by atoms with Gasteiger partial charge in [-0.25, -0.2) is 14.0 Å². The van der Waals surface area contributed by atoms with Gasteiger partial charge in [0.15, 0.2) is 5.65 Å². The van der Waals surface area contributed by atoms with E-state index in [2.05, 4.69) is 25.5 Å². The lowest BCUT2D eigenvalue weighted by Crippen LogP contribution is -2.59. The lowest BCUT2D eigenvalue weighted by atomic mass is 9.67. The zero-order chi connectivity index (χ0) is 27.6. The van der Waals surface area contributed by atoms with Crippen LogP contribution in [-0.4, -0.2) is 66.2 Å². The smallest absolute Gasteiger partial charge is 0.244 e. The minimum absolute atomic E-state index is 0.0332. The second-order valence-electron chi connectivity index (χ2n) is 8.93. The summed E-state index contributed by atoms with van der Waals surface area (Å²) in [6, 6.07) is 5.51. The van der Waals surface area contributed by atoms with Gasteiger partial charge in [-0.05, 0) is 43.9 Å². The van der Waals surface area contributed by atoms with Gasteiger partial charge in [-0.15, -0.1) is 5.10 Å². The number of likely N-dealkylation sites (tertiary alicyclic amines) is 1. The van der Waals surface area contributed by atoms with Crippen molar-refractivity contribution in [2.24, 2.45) is 5.41 Å². The van der Waals surface area contributed by atoms with E-state index in [-0.39, 0.29) is 23.3 Å². The van der Waals surface area contributed by atoms with Crippen LogP contribution in [0.2, 0.25) is 0 Å². The summed E-state index contributed by atoms with van der Waals surface area (Å²) >= 11 is 0. The van der Waals surface area contributed by atoms with Crippen LogP contribution in [-0.2, 0) is 4.79 Å². The van der Waals surface area contributed by atoms with Crippen molar-refractivity contribution in [2.45, 2.75) is 38.6 Å². The van der Waals surface area contributed by atoms with E-state index < -0.39 is 19.8 Å². The molecule has 2 aliphatic rings. The van der Waals surface area contributed by atoms with E-state index in [1.165, 1.54) is 11.2 Å². The van der Waals surface area contributed by atoms with Gasteiger partial charge < -0.3 is 15.0 Å². The second kappa shape index (κ2) is 7.43. The van der Waals surface area contributed by atoms with E-state index in [1.807, 2.05) is 18.2 Å². The van der Waals surface area contributed by atoms with Gasteiger partial charge in [-0.1, -0.05) is 0 Å². The average Bonchev–Trinajstić information content (AvgIpc) is 3.48. The van der Waals surface area contributed by atoms with Gasteiger partial charge in [0.25, 0.3) is 0 Å². The van der Waals surface area contributed by atoms with Crippen LogP contribution in [0.3, 0.4) is 0 Å². The molecule has 0 aromatic carbocycles. The van der Waals surface area contributed by atoms with E-state index in [0.717, 1.165) is 31.2 Å². The first-order chi connectivity index (χ1) is 18.4. The van der Waals surface area contributed by atoms with Gasteiger partial charge in [-0.2, -0.15) is 10.1 Å². The van der Waals surface area contributed by atoms with E-state index in [9.17, 15) is 4.79 Å². The summed E-state index contributed by atoms with van der Waals surface area (Å²) in [6.07, 6.45) is 8.17. The lowest BCUT2D eigenvalue weighted by molar-refractivity contribution is -0.143. The van der Waals surface area contributed by atoms with E-state index in [0.29, 0.717) is 29.8 Å². The normalized spacial score (nSPS) is 21.5. The van der Waals surface area contributed by atoms with Crippen LogP contribution in [0.4, 0.5) is 5.95 Å². The largest absolute Gasteiger partial charge is 0.479 e. The topological polar surface area (TPSA) is 102 Å². The number of fused-ring (bicyclic) bond motifs is 2. The molecule has 1 aliphatic heterocycles. The summed E-state index contributed by atoms with van der Waals surface area (Å²) in [7, 11) is -2.72. The molecule has 4 aromatic rings. The number of nitrogens with one attached hydrogen (secondary N) is 1. The minimum Gasteiger partial charge on any atom is -0.479 e. The van der Waals surface area contributed by atoms with Crippen LogP contribution in [0.25, 0.3) is 22.3 Å². The molecule has 6 rings (SSSR count). The van der Waals surface area contributed by atoms with Crippen molar-refractivity contribution in [2.75, 3.05) is 25.4 Å². The summed E-state index contributed by atoms with van der Waals surface area (Å²) in [5.74, 6) is -0.621. The van der Waals surface area contributed by atoms with Crippen molar-refractivity contribution in [1.82, 2.24) is 34.1 Å². The fourth-order valence-electron chi connectivity index (χ4n) is 5.11. The van der Waals surface area contributed by atoms with Crippen LogP contribution in [0.15, 0.2) is 36.9 Å². The van der Waals surface area contributed by atoms with Crippen LogP contribution in [0, 0.1) is 5.41 Å². The van der Waals surface area contributed by atoms with Crippen molar-refractivity contribution in [3.63, 3.8) is 0 Å². The highest BCUT2D eigenvalue weighted by molar-refractivity contribution is 5.84. The van der Waals surface area contributed by atoms with Crippen molar-refractivity contribution in [3.05, 3.63) is 36.9 Å². The summed E-state index contributed by atoms with van der Waals surface area (Å²) in [5.41, 5.74) is 2.47. The second-order valence-corrected chi connectivity index (χ2v) is 8.93. The molecule has 0 unspecified atom stereocenters. The highest BCUT2D eigenvalue weighted by Crippen LogP contribution is 2.44. The molecule has 1 aliphatic carbocycles. The first-order valence-corrected chi connectivity index (χ1v) is 10.8. The monoisotopic (exact) mass is 452 g/mol.